The minimum Gasteiger partial charge on any atom is -0.250 e. The first-order valence-electron chi connectivity index (χ1n) is 5.82. The molecule has 1 radical (unpaired) electrons. The number of benzene rings is 2. The van der Waals surface area contributed by atoms with Crippen LogP contribution in [0.5, 0.6) is 0 Å². The predicted octanol–water partition coefficient (Wildman–Crippen LogP) is 2.79. The zero-order chi connectivity index (χ0) is 12.2. The number of hydrogen-bond donors (Lipinski definition) is 0. The second-order valence-electron chi connectivity index (χ2n) is 4.08. The number of rotatable bonds is 3. The molecule has 3 aromatic rings. The number of aromatic nitrogens is 3. The standard InChI is InChI=1S/C15H12N3.Y/c1-3-7-13(8-4-1)11-18-12-15(16-17-18)14-9-5-2-6-10-14;/h2-10,12H,11H2;/q-1;. The van der Waals surface area contributed by atoms with Crippen molar-refractivity contribution in [2.75, 3.05) is 0 Å². The van der Waals surface area contributed by atoms with E-state index in [0.29, 0.717) is 0 Å². The Morgan fingerprint density at radius 2 is 1.74 bits per heavy atom. The first kappa shape index (κ1) is 14.1. The van der Waals surface area contributed by atoms with Gasteiger partial charge in [0.25, 0.3) is 0 Å². The van der Waals surface area contributed by atoms with Gasteiger partial charge in [-0.1, -0.05) is 35.5 Å². The molecule has 0 fully saturated rings. The minimum atomic E-state index is 0. The van der Waals surface area contributed by atoms with Crippen LogP contribution in [0.25, 0.3) is 11.3 Å². The molecule has 4 heteroatoms. The molecule has 0 spiro atoms. The molecule has 0 saturated heterocycles. The zero-order valence-electron chi connectivity index (χ0n) is 10.4. The monoisotopic (exact) mass is 323 g/mol. The molecule has 0 aliphatic rings. The average molecular weight is 323 g/mol. The zero-order valence-corrected chi connectivity index (χ0v) is 13.2. The Hall–Kier alpha value is -1.32. The third kappa shape index (κ3) is 3.58. The van der Waals surface area contributed by atoms with Gasteiger partial charge in [0.2, 0.25) is 0 Å². The van der Waals surface area contributed by atoms with Crippen LogP contribution in [0.3, 0.4) is 0 Å². The number of hydrogen-bond acceptors (Lipinski definition) is 2. The maximum absolute atomic E-state index is 4.19. The summed E-state index contributed by atoms with van der Waals surface area (Å²) in [6.45, 7) is 0.731. The van der Waals surface area contributed by atoms with Crippen molar-refractivity contribution in [3.8, 4) is 11.3 Å². The van der Waals surface area contributed by atoms with E-state index in [1.807, 2.05) is 65.5 Å². The van der Waals surface area contributed by atoms with Crippen LogP contribution in [-0.2, 0) is 39.3 Å². The number of nitrogens with zero attached hydrogens (tertiary/aromatic N) is 3. The third-order valence-corrected chi connectivity index (χ3v) is 2.74. The van der Waals surface area contributed by atoms with Crippen LogP contribution in [0.1, 0.15) is 5.56 Å². The fourth-order valence-corrected chi connectivity index (χ4v) is 1.83. The van der Waals surface area contributed by atoms with E-state index in [1.165, 1.54) is 5.56 Å². The quantitative estimate of drug-likeness (QED) is 0.694. The van der Waals surface area contributed by atoms with Crippen molar-refractivity contribution in [1.29, 1.82) is 0 Å². The normalized spacial score (nSPS) is 9.89. The van der Waals surface area contributed by atoms with Gasteiger partial charge in [0.15, 0.2) is 0 Å². The van der Waals surface area contributed by atoms with E-state index in [9.17, 15) is 0 Å². The molecule has 19 heavy (non-hydrogen) atoms. The third-order valence-electron chi connectivity index (χ3n) is 2.74. The molecular weight excluding hydrogens is 311 g/mol. The molecule has 0 aliphatic carbocycles. The van der Waals surface area contributed by atoms with Gasteiger partial charge in [-0.15, -0.1) is 10.7 Å². The molecule has 3 nitrogen and oxygen atoms in total. The summed E-state index contributed by atoms with van der Waals surface area (Å²) in [7, 11) is 0. The Bertz CT molecular complexity index is 620. The van der Waals surface area contributed by atoms with Crippen LogP contribution in [0.4, 0.5) is 0 Å². The molecule has 0 unspecified atom stereocenters. The van der Waals surface area contributed by atoms with Gasteiger partial charge < -0.3 is 0 Å². The smallest absolute Gasteiger partial charge is 0.113 e. The van der Waals surface area contributed by atoms with E-state index in [1.54, 1.807) is 0 Å². The second-order valence-corrected chi connectivity index (χ2v) is 4.08. The topological polar surface area (TPSA) is 30.7 Å². The van der Waals surface area contributed by atoms with Crippen LogP contribution >= 0.6 is 0 Å². The Morgan fingerprint density at radius 3 is 2.47 bits per heavy atom. The van der Waals surface area contributed by atoms with Crippen molar-refractivity contribution in [1.82, 2.24) is 15.0 Å². The summed E-state index contributed by atoms with van der Waals surface area (Å²) in [5, 5.41) is 8.33. The second kappa shape index (κ2) is 6.74. The predicted molar refractivity (Wildman–Crippen MR) is 69.8 cm³/mol. The SMILES string of the molecule is [Y].[c-]1ccc(Cn2cc(-c3ccccc3)nn2)cc1. The molecule has 3 rings (SSSR count). The van der Waals surface area contributed by atoms with Gasteiger partial charge in [0, 0.05) is 44.8 Å². The largest absolute Gasteiger partial charge is 0.250 e. The van der Waals surface area contributed by atoms with Crippen LogP contribution in [-0.4, -0.2) is 15.0 Å². The fourth-order valence-electron chi connectivity index (χ4n) is 1.83. The summed E-state index contributed by atoms with van der Waals surface area (Å²) < 4.78 is 1.84. The Kier molecular flexibility index (Phi) is 5.00. The van der Waals surface area contributed by atoms with E-state index in [2.05, 4.69) is 16.4 Å². The van der Waals surface area contributed by atoms with Crippen molar-refractivity contribution < 1.29 is 32.7 Å². The summed E-state index contributed by atoms with van der Waals surface area (Å²) in [4.78, 5) is 0. The van der Waals surface area contributed by atoms with Gasteiger partial charge in [-0.25, -0.2) is 4.68 Å². The van der Waals surface area contributed by atoms with Gasteiger partial charge in [-0.2, -0.15) is 30.3 Å². The van der Waals surface area contributed by atoms with E-state index < -0.39 is 0 Å². The summed E-state index contributed by atoms with van der Waals surface area (Å²) in [5.41, 5.74) is 3.18. The maximum Gasteiger partial charge on any atom is 0.113 e. The Balaban J connectivity index is 0.00000133. The van der Waals surface area contributed by atoms with Crippen LogP contribution in [0, 0.1) is 6.07 Å². The molecule has 2 aromatic carbocycles. The van der Waals surface area contributed by atoms with E-state index in [4.69, 9.17) is 0 Å². The van der Waals surface area contributed by atoms with Gasteiger partial charge in [0.1, 0.15) is 5.69 Å². The van der Waals surface area contributed by atoms with Crippen molar-refractivity contribution in [2.45, 2.75) is 6.54 Å². The van der Waals surface area contributed by atoms with Crippen molar-refractivity contribution in [2.24, 2.45) is 0 Å². The van der Waals surface area contributed by atoms with Gasteiger partial charge >= 0.3 is 0 Å². The Morgan fingerprint density at radius 1 is 1.00 bits per heavy atom. The molecule has 0 bridgehead atoms. The average Bonchev–Trinajstić information content (AvgIpc) is 2.89. The molecule has 1 aromatic heterocycles. The van der Waals surface area contributed by atoms with Crippen LogP contribution in [0.15, 0.2) is 60.8 Å². The maximum atomic E-state index is 4.19. The molecule has 1 heterocycles. The summed E-state index contributed by atoms with van der Waals surface area (Å²) in [6.07, 6.45) is 1.96. The van der Waals surface area contributed by atoms with Gasteiger partial charge in [-0.05, 0) is 0 Å². The first-order valence-corrected chi connectivity index (χ1v) is 5.82. The fraction of sp³-hybridized carbons (Fsp3) is 0.0667. The summed E-state index contributed by atoms with van der Waals surface area (Å²) in [5.74, 6) is 0. The molecule has 91 valence electrons. The molecule has 0 aliphatic heterocycles. The van der Waals surface area contributed by atoms with Gasteiger partial charge in [-0.3, -0.25) is 0 Å². The molecule has 0 N–H and O–H groups in total. The molecule has 0 atom stereocenters. The van der Waals surface area contributed by atoms with Crippen molar-refractivity contribution in [3.63, 3.8) is 0 Å². The van der Waals surface area contributed by atoms with Crippen molar-refractivity contribution >= 4 is 0 Å². The van der Waals surface area contributed by atoms with Crippen LogP contribution in [0.2, 0.25) is 0 Å². The minimum absolute atomic E-state index is 0. The Labute approximate surface area is 137 Å². The van der Waals surface area contributed by atoms with E-state index in [-0.39, 0.29) is 32.7 Å². The molecule has 0 amide bonds. The summed E-state index contributed by atoms with van der Waals surface area (Å²) >= 11 is 0. The summed E-state index contributed by atoms with van der Waals surface area (Å²) in [6, 6.07) is 20.9. The van der Waals surface area contributed by atoms with Crippen molar-refractivity contribution in [3.05, 3.63) is 72.4 Å². The molecular formula is C15H12N3Y-. The van der Waals surface area contributed by atoms with Gasteiger partial charge in [0.05, 0.1) is 6.20 Å². The van der Waals surface area contributed by atoms with E-state index >= 15 is 0 Å². The molecule has 0 saturated carbocycles. The van der Waals surface area contributed by atoms with E-state index in [0.717, 1.165) is 17.8 Å². The van der Waals surface area contributed by atoms with Crippen LogP contribution < -0.4 is 0 Å². The first-order chi connectivity index (χ1) is 8.92.